The molecule has 0 atom stereocenters. The molecule has 0 unspecified atom stereocenters. The first-order valence-corrected chi connectivity index (χ1v) is 14.8. The van der Waals surface area contributed by atoms with Crippen LogP contribution in [0, 0.1) is 5.92 Å². The fourth-order valence-corrected chi connectivity index (χ4v) is 5.37. The van der Waals surface area contributed by atoms with Crippen LogP contribution in [0.5, 0.6) is 0 Å². The van der Waals surface area contributed by atoms with Crippen LogP contribution in [0.15, 0.2) is 54.0 Å². The highest BCUT2D eigenvalue weighted by Crippen LogP contribution is 2.28. The van der Waals surface area contributed by atoms with Gasteiger partial charge in [0.25, 0.3) is 0 Å². The monoisotopic (exact) mass is 520 g/mol. The summed E-state index contributed by atoms with van der Waals surface area (Å²) in [6.07, 6.45) is 24.7. The number of hydrogen-bond donors (Lipinski definition) is 2. The lowest BCUT2D eigenvalue weighted by Crippen LogP contribution is -2.30. The molecule has 5 nitrogen and oxygen atoms in total. The number of nitrogens with one attached hydrogen (secondary N) is 2. The summed E-state index contributed by atoms with van der Waals surface area (Å²) in [4.78, 5) is 8.35. The number of ether oxygens (including phenoxy) is 1. The number of H-pyrrole nitrogens is 1. The van der Waals surface area contributed by atoms with Gasteiger partial charge in [-0.2, -0.15) is 0 Å². The molecule has 2 N–H and O–H groups in total. The standard InChI is InChI=1S/C33H52N4O/c1-6-12-31(7-2)37(5)18-8-9-21-38-22-11-13-27(3)25-34-30-14-10-15-32-29(26-35-33(32)24-30)23-28-16-19-36(4)20-17-28/h10-13,15,24,26,28,34-35H,3,6-9,14,16-23,25H2,1-2,4-5H3/b13-11+,31-12+. The van der Waals surface area contributed by atoms with Gasteiger partial charge < -0.3 is 24.8 Å². The third-order valence-corrected chi connectivity index (χ3v) is 7.76. The maximum absolute atomic E-state index is 5.80. The Morgan fingerprint density at radius 1 is 1.26 bits per heavy atom. The molecule has 0 spiro atoms. The van der Waals surface area contributed by atoms with Crippen LogP contribution in [0.2, 0.25) is 0 Å². The minimum absolute atomic E-state index is 0.641. The normalized spacial score (nSPS) is 16.9. The summed E-state index contributed by atoms with van der Waals surface area (Å²) >= 11 is 0. The zero-order chi connectivity index (χ0) is 27.2. The first-order chi connectivity index (χ1) is 18.5. The molecular formula is C33H52N4O. The van der Waals surface area contributed by atoms with Crippen LogP contribution in [0.4, 0.5) is 0 Å². The number of unbranched alkanes of at least 4 members (excludes halogenated alkanes) is 1. The molecule has 0 radical (unpaired) electrons. The van der Waals surface area contributed by atoms with E-state index in [1.165, 1.54) is 60.6 Å². The van der Waals surface area contributed by atoms with Crippen LogP contribution in [0.25, 0.3) is 12.2 Å². The second-order valence-electron chi connectivity index (χ2n) is 10.9. The van der Waals surface area contributed by atoms with Crippen molar-refractivity contribution in [3.8, 4) is 0 Å². The molecule has 1 aromatic heterocycles. The van der Waals surface area contributed by atoms with Gasteiger partial charge in [0.2, 0.25) is 0 Å². The molecule has 3 rings (SSSR count). The average molecular weight is 521 g/mol. The fourth-order valence-electron chi connectivity index (χ4n) is 5.37. The SMILES string of the molecule is C=C(/C=C/COCCCCN(C)/C(=C/CC)CC)CNC1=Cc2[nH]cc(CC3CCN(C)CC3)c2C=CC1. The molecule has 1 aliphatic heterocycles. The van der Waals surface area contributed by atoms with Crippen molar-refractivity contribution in [2.75, 3.05) is 53.5 Å². The molecule has 5 heteroatoms. The number of rotatable bonds is 16. The molecular weight excluding hydrogens is 468 g/mol. The van der Waals surface area contributed by atoms with E-state index >= 15 is 0 Å². The molecule has 210 valence electrons. The van der Waals surface area contributed by atoms with E-state index in [1.54, 1.807) is 0 Å². The van der Waals surface area contributed by atoms with Crippen molar-refractivity contribution in [2.45, 2.75) is 65.2 Å². The number of aromatic nitrogens is 1. The van der Waals surface area contributed by atoms with E-state index in [9.17, 15) is 0 Å². The summed E-state index contributed by atoms with van der Waals surface area (Å²) in [5.74, 6) is 0.798. The van der Waals surface area contributed by atoms with Gasteiger partial charge in [0.05, 0.1) is 6.61 Å². The van der Waals surface area contributed by atoms with Gasteiger partial charge in [0.15, 0.2) is 0 Å². The van der Waals surface area contributed by atoms with Gasteiger partial charge in [-0.15, -0.1) is 0 Å². The van der Waals surface area contributed by atoms with Gasteiger partial charge in [-0.1, -0.05) is 50.8 Å². The lowest BCUT2D eigenvalue weighted by molar-refractivity contribution is 0.155. The van der Waals surface area contributed by atoms with Gasteiger partial charge in [-0.25, -0.2) is 0 Å². The molecule has 1 fully saturated rings. The number of likely N-dealkylation sites (tertiary alicyclic amines) is 1. The van der Waals surface area contributed by atoms with Crippen molar-refractivity contribution in [1.29, 1.82) is 0 Å². The van der Waals surface area contributed by atoms with Crippen molar-refractivity contribution >= 4 is 12.2 Å². The highest BCUT2D eigenvalue weighted by atomic mass is 16.5. The van der Waals surface area contributed by atoms with Crippen molar-refractivity contribution in [3.05, 3.63) is 70.9 Å². The summed E-state index contributed by atoms with van der Waals surface area (Å²) < 4.78 is 5.80. The Kier molecular flexibility index (Phi) is 13.0. The fraction of sp³-hybridized carbons (Fsp3) is 0.576. The van der Waals surface area contributed by atoms with E-state index in [1.807, 2.05) is 0 Å². The average Bonchev–Trinajstić information content (AvgIpc) is 3.15. The zero-order valence-corrected chi connectivity index (χ0v) is 24.5. The largest absolute Gasteiger partial charge is 0.384 e. The van der Waals surface area contributed by atoms with Gasteiger partial charge in [0.1, 0.15) is 0 Å². The van der Waals surface area contributed by atoms with E-state index in [-0.39, 0.29) is 0 Å². The minimum atomic E-state index is 0.641. The summed E-state index contributed by atoms with van der Waals surface area (Å²) in [6, 6.07) is 0. The lowest BCUT2D eigenvalue weighted by atomic mass is 9.89. The molecule has 2 aliphatic rings. The number of nitrogens with zero attached hydrogens (tertiary/aromatic N) is 2. The third kappa shape index (κ3) is 9.99. The van der Waals surface area contributed by atoms with Gasteiger partial charge in [-0.3, -0.25) is 0 Å². The van der Waals surface area contributed by atoms with E-state index in [4.69, 9.17) is 4.74 Å². The summed E-state index contributed by atoms with van der Waals surface area (Å²) in [5.41, 5.74) is 7.78. The van der Waals surface area contributed by atoms with Crippen LogP contribution in [-0.4, -0.2) is 68.3 Å². The predicted molar refractivity (Wildman–Crippen MR) is 164 cm³/mol. The first kappa shape index (κ1) is 30.0. The summed E-state index contributed by atoms with van der Waals surface area (Å²) in [5, 5.41) is 3.58. The minimum Gasteiger partial charge on any atom is -0.384 e. The molecule has 1 saturated heterocycles. The van der Waals surface area contributed by atoms with E-state index in [2.05, 4.69) is 97.3 Å². The number of hydrogen-bond acceptors (Lipinski definition) is 4. The Morgan fingerprint density at radius 2 is 2.08 bits per heavy atom. The molecule has 38 heavy (non-hydrogen) atoms. The van der Waals surface area contributed by atoms with Crippen molar-refractivity contribution in [2.24, 2.45) is 5.92 Å². The summed E-state index contributed by atoms with van der Waals surface area (Å²) in [6.45, 7) is 14.4. The number of piperidine rings is 1. The van der Waals surface area contributed by atoms with Crippen LogP contribution in [0.1, 0.15) is 75.6 Å². The first-order valence-electron chi connectivity index (χ1n) is 14.8. The lowest BCUT2D eigenvalue weighted by Gasteiger charge is -2.28. The van der Waals surface area contributed by atoms with Gasteiger partial charge in [0, 0.05) is 62.0 Å². The predicted octanol–water partition coefficient (Wildman–Crippen LogP) is 6.79. The molecule has 1 aliphatic carbocycles. The second-order valence-corrected chi connectivity index (χ2v) is 10.9. The smallest absolute Gasteiger partial charge is 0.0650 e. The number of allylic oxidation sites excluding steroid dienone is 3. The number of fused-ring (bicyclic) bond motifs is 1. The van der Waals surface area contributed by atoms with E-state index < -0.39 is 0 Å². The Morgan fingerprint density at radius 3 is 2.84 bits per heavy atom. The van der Waals surface area contributed by atoms with Gasteiger partial charge >= 0.3 is 0 Å². The topological polar surface area (TPSA) is 43.5 Å². The van der Waals surface area contributed by atoms with Crippen LogP contribution in [-0.2, 0) is 11.2 Å². The maximum atomic E-state index is 5.80. The molecule has 0 saturated carbocycles. The van der Waals surface area contributed by atoms with Crippen molar-refractivity contribution in [3.63, 3.8) is 0 Å². The van der Waals surface area contributed by atoms with Crippen LogP contribution >= 0.6 is 0 Å². The Balaban J connectivity index is 1.33. The highest BCUT2D eigenvalue weighted by molar-refractivity contribution is 5.69. The van der Waals surface area contributed by atoms with Crippen molar-refractivity contribution < 1.29 is 4.74 Å². The maximum Gasteiger partial charge on any atom is 0.0650 e. The Hall–Kier alpha value is -2.50. The summed E-state index contributed by atoms with van der Waals surface area (Å²) in [7, 11) is 4.43. The van der Waals surface area contributed by atoms with Gasteiger partial charge in [-0.05, 0) is 88.2 Å². The van der Waals surface area contributed by atoms with Crippen LogP contribution < -0.4 is 5.32 Å². The number of aromatic amines is 1. The Labute approximate surface area is 232 Å². The molecule has 0 aromatic carbocycles. The third-order valence-electron chi connectivity index (χ3n) is 7.76. The molecule has 0 amide bonds. The second kappa shape index (κ2) is 16.5. The molecule has 1 aromatic rings. The zero-order valence-electron chi connectivity index (χ0n) is 24.5. The molecule has 2 heterocycles. The van der Waals surface area contributed by atoms with Crippen LogP contribution in [0.3, 0.4) is 0 Å². The van der Waals surface area contributed by atoms with Crippen molar-refractivity contribution in [1.82, 2.24) is 20.1 Å². The highest BCUT2D eigenvalue weighted by Gasteiger charge is 2.20. The van der Waals surface area contributed by atoms with E-state index in [0.717, 1.165) is 63.3 Å². The molecule has 0 bridgehead atoms. The quantitative estimate of drug-likeness (QED) is 0.186. The Bertz CT molecular complexity index is 975. The van der Waals surface area contributed by atoms with E-state index in [0.29, 0.717) is 6.61 Å².